The van der Waals surface area contributed by atoms with Crippen LogP contribution in [0.2, 0.25) is 0 Å². The molecule has 0 aliphatic heterocycles. The molecule has 0 radical (unpaired) electrons. The van der Waals surface area contributed by atoms with Crippen molar-refractivity contribution in [3.63, 3.8) is 0 Å². The minimum Gasteiger partial charge on any atom is -1.00 e. The maximum atomic E-state index is 8.74. The minimum absolute atomic E-state index is 0. The fourth-order valence-corrected chi connectivity index (χ4v) is 2.31. The second kappa shape index (κ2) is 29.1. The normalized spacial score (nSPS) is 11.3. The zero-order valence-electron chi connectivity index (χ0n) is 17.8. The van der Waals surface area contributed by atoms with Crippen molar-refractivity contribution in [3.05, 3.63) is 0 Å². The summed E-state index contributed by atoms with van der Waals surface area (Å²) in [6.07, 6.45) is 19.2. The molecule has 0 aromatic carbocycles. The molecular weight excluding hydrogens is 407 g/mol. The molecule has 0 saturated heterocycles. The van der Waals surface area contributed by atoms with Gasteiger partial charge in [-0.15, -0.1) is 0 Å². The Bertz CT molecular complexity index is 361. The fraction of sp³-hybridized carbons (Fsp3) is 1.00. The van der Waals surface area contributed by atoms with Crippen LogP contribution in [0.1, 0.15) is 98.2 Å². The SMILES string of the molecule is CCCCCCCCCCCCCCCCO.O=S(=O)(O)O.O=S([O-])O.[H-].[Na+]. The van der Waals surface area contributed by atoms with Crippen molar-refractivity contribution in [2.75, 3.05) is 6.61 Å². The molecule has 4 N–H and O–H groups in total. The van der Waals surface area contributed by atoms with Crippen molar-refractivity contribution in [2.24, 2.45) is 0 Å². The Morgan fingerprint density at radius 1 is 0.778 bits per heavy atom. The largest absolute Gasteiger partial charge is 1.00 e. The van der Waals surface area contributed by atoms with Gasteiger partial charge in [0.1, 0.15) is 0 Å². The van der Waals surface area contributed by atoms with Gasteiger partial charge in [0.25, 0.3) is 0 Å². The fourth-order valence-electron chi connectivity index (χ4n) is 2.31. The predicted octanol–water partition coefficient (Wildman–Crippen LogP) is 1.26. The van der Waals surface area contributed by atoms with Crippen LogP contribution in [0, 0.1) is 0 Å². The number of aliphatic hydroxyl groups excluding tert-OH is 1. The average Bonchev–Trinajstić information content (AvgIpc) is 2.50. The molecule has 0 amide bonds. The molecule has 1 unspecified atom stereocenters. The molecule has 1 atom stereocenters. The van der Waals surface area contributed by atoms with Gasteiger partial charge in [0, 0.05) is 6.61 Å². The second-order valence-corrected chi connectivity index (χ2v) is 7.31. The second-order valence-electron chi connectivity index (χ2n) is 5.98. The van der Waals surface area contributed by atoms with E-state index >= 15 is 0 Å². The van der Waals surface area contributed by atoms with Gasteiger partial charge in [-0.1, -0.05) is 90.4 Å². The summed E-state index contributed by atoms with van der Waals surface area (Å²) >= 11 is -2.86. The minimum atomic E-state index is -4.67. The van der Waals surface area contributed by atoms with Gasteiger partial charge >= 0.3 is 40.0 Å². The summed E-state index contributed by atoms with van der Waals surface area (Å²) in [5.74, 6) is 0. The zero-order chi connectivity index (χ0) is 20.7. The summed E-state index contributed by atoms with van der Waals surface area (Å²) in [7, 11) is -4.67. The third kappa shape index (κ3) is 75.1. The van der Waals surface area contributed by atoms with E-state index < -0.39 is 21.8 Å². The summed E-state index contributed by atoms with van der Waals surface area (Å²) in [6, 6.07) is 0. The van der Waals surface area contributed by atoms with Gasteiger partial charge < -0.3 is 15.6 Å². The summed E-state index contributed by atoms with van der Waals surface area (Å²) < 4.78 is 55.7. The van der Waals surface area contributed by atoms with E-state index in [2.05, 4.69) is 6.92 Å². The van der Waals surface area contributed by atoms with E-state index in [4.69, 9.17) is 35.9 Å². The third-order valence-corrected chi connectivity index (χ3v) is 3.51. The Balaban J connectivity index is -0.000000134. The van der Waals surface area contributed by atoms with E-state index in [0.717, 1.165) is 6.42 Å². The van der Waals surface area contributed by atoms with Crippen LogP contribution in [0.3, 0.4) is 0 Å². The average molecular weight is 446 g/mol. The van der Waals surface area contributed by atoms with Crippen molar-refractivity contribution in [1.82, 2.24) is 0 Å². The zero-order valence-corrected chi connectivity index (χ0v) is 20.5. The first-order valence-electron chi connectivity index (χ1n) is 9.24. The maximum absolute atomic E-state index is 8.74. The Kier molecular flexibility index (Phi) is 38.1. The van der Waals surface area contributed by atoms with Crippen LogP contribution in [-0.4, -0.2) is 42.6 Å². The molecule has 0 fully saturated rings. The summed E-state index contributed by atoms with van der Waals surface area (Å²) in [5.41, 5.74) is 0. The summed E-state index contributed by atoms with van der Waals surface area (Å²) in [4.78, 5) is 0. The molecule has 164 valence electrons. The summed E-state index contributed by atoms with van der Waals surface area (Å²) in [5, 5.41) is 8.64. The van der Waals surface area contributed by atoms with Gasteiger partial charge in [-0.2, -0.15) is 8.42 Å². The first-order valence-corrected chi connectivity index (χ1v) is 11.7. The van der Waals surface area contributed by atoms with Gasteiger partial charge in [-0.05, 0) is 6.42 Å². The molecule has 0 heterocycles. The van der Waals surface area contributed by atoms with Gasteiger partial charge in [0.15, 0.2) is 0 Å². The summed E-state index contributed by atoms with van der Waals surface area (Å²) in [6.45, 7) is 2.65. The Morgan fingerprint density at radius 3 is 1.15 bits per heavy atom. The number of rotatable bonds is 14. The van der Waals surface area contributed by atoms with Crippen LogP contribution in [0.4, 0.5) is 0 Å². The van der Waals surface area contributed by atoms with E-state index in [0.29, 0.717) is 6.61 Å². The molecule has 0 aliphatic rings. The standard InChI is InChI=1S/C16H34O.Na.H2O4S.H2O3S.H/c1-2-3-4-5-6-7-8-9-10-11-12-13-14-15-16-17;;1-5(2,3)4;1-4(2)3;/h17H,2-16H2,1H3;;(H2,1,2,3,4);(H2,1,2,3);/q;+1;;;-1/p-1. The van der Waals surface area contributed by atoms with Gasteiger partial charge in [-0.3, -0.25) is 9.11 Å². The molecule has 11 heteroatoms. The van der Waals surface area contributed by atoms with Crippen LogP contribution >= 0.6 is 0 Å². The van der Waals surface area contributed by atoms with E-state index in [9.17, 15) is 0 Å². The first kappa shape index (κ1) is 35.3. The molecule has 0 bridgehead atoms. The van der Waals surface area contributed by atoms with Crippen molar-refractivity contribution >= 4 is 21.8 Å². The number of hydrogen-bond donors (Lipinski definition) is 4. The molecule has 8 nitrogen and oxygen atoms in total. The molecule has 0 aromatic heterocycles. The Hall–Kier alpha value is 0.900. The van der Waals surface area contributed by atoms with Crippen molar-refractivity contribution in [3.8, 4) is 0 Å². The van der Waals surface area contributed by atoms with Gasteiger partial charge in [0.2, 0.25) is 0 Å². The molecule has 0 spiro atoms. The van der Waals surface area contributed by atoms with Crippen LogP contribution < -0.4 is 29.6 Å². The molecular formula is C16H38NaO8S2-. The molecule has 27 heavy (non-hydrogen) atoms. The topological polar surface area (TPSA) is 155 Å². The van der Waals surface area contributed by atoms with Crippen molar-refractivity contribution in [1.29, 1.82) is 0 Å². The van der Waals surface area contributed by atoms with Crippen molar-refractivity contribution < 1.29 is 66.9 Å². The molecule has 0 aromatic rings. The third-order valence-electron chi connectivity index (χ3n) is 3.51. The number of unbranched alkanes of at least 4 members (excludes halogenated alkanes) is 13. The molecule has 0 rings (SSSR count). The van der Waals surface area contributed by atoms with E-state index in [-0.39, 0.29) is 31.0 Å². The van der Waals surface area contributed by atoms with Crippen LogP contribution in [0.25, 0.3) is 0 Å². The van der Waals surface area contributed by atoms with Crippen LogP contribution in [0.15, 0.2) is 0 Å². The van der Waals surface area contributed by atoms with Crippen molar-refractivity contribution in [2.45, 2.75) is 96.8 Å². The first-order chi connectivity index (χ1) is 12.1. The van der Waals surface area contributed by atoms with Gasteiger partial charge in [-0.25, -0.2) is 4.21 Å². The smallest absolute Gasteiger partial charge is 1.00 e. The predicted molar refractivity (Wildman–Crippen MR) is 104 cm³/mol. The van der Waals surface area contributed by atoms with E-state index in [1.165, 1.54) is 83.5 Å². The monoisotopic (exact) mass is 445 g/mol. The Labute approximate surface area is 191 Å². The number of aliphatic hydroxyl groups is 1. The van der Waals surface area contributed by atoms with E-state index in [1.54, 1.807) is 0 Å². The maximum Gasteiger partial charge on any atom is 1.00 e. The van der Waals surface area contributed by atoms with Crippen LogP contribution in [0.5, 0.6) is 0 Å². The van der Waals surface area contributed by atoms with Crippen LogP contribution in [-0.2, 0) is 21.8 Å². The quantitative estimate of drug-likeness (QED) is 0.135. The molecule has 0 saturated carbocycles. The Morgan fingerprint density at radius 2 is 0.963 bits per heavy atom. The molecule has 0 aliphatic carbocycles. The van der Waals surface area contributed by atoms with E-state index in [1.807, 2.05) is 0 Å². The number of hydrogen-bond acceptors (Lipinski definition) is 5. The van der Waals surface area contributed by atoms with Gasteiger partial charge in [0.05, 0.1) is 11.4 Å².